The normalized spacial score (nSPS) is 21.1. The Bertz CT molecular complexity index is 403. The molecule has 0 N–H and O–H groups in total. The molecule has 0 aromatic heterocycles. The van der Waals surface area contributed by atoms with Crippen LogP contribution >= 0.6 is 0 Å². The van der Waals surface area contributed by atoms with E-state index in [0.29, 0.717) is 13.0 Å². The van der Waals surface area contributed by atoms with Crippen molar-refractivity contribution in [1.29, 1.82) is 0 Å². The highest BCUT2D eigenvalue weighted by Gasteiger charge is 2.38. The summed E-state index contributed by atoms with van der Waals surface area (Å²) in [7, 11) is -3.39. The van der Waals surface area contributed by atoms with Crippen molar-refractivity contribution in [2.75, 3.05) is 18.9 Å². The summed E-state index contributed by atoms with van der Waals surface area (Å²) in [6.07, 6.45) is 3.95. The second kappa shape index (κ2) is 7.98. The lowest BCUT2D eigenvalue weighted by Gasteiger charge is -2.33. The summed E-state index contributed by atoms with van der Waals surface area (Å²) < 4.78 is 31.5. The lowest BCUT2D eigenvalue weighted by molar-refractivity contribution is -0.148. The van der Waals surface area contributed by atoms with Crippen LogP contribution in [0, 0.1) is 5.92 Å². The Morgan fingerprint density at radius 3 is 2.45 bits per heavy atom. The summed E-state index contributed by atoms with van der Waals surface area (Å²) in [5.74, 6) is -0.110. The molecule has 0 bridgehead atoms. The third kappa shape index (κ3) is 4.45. The van der Waals surface area contributed by atoms with E-state index in [1.54, 1.807) is 6.92 Å². The van der Waals surface area contributed by atoms with Crippen molar-refractivity contribution < 1.29 is 17.9 Å². The van der Waals surface area contributed by atoms with Crippen LogP contribution in [0.5, 0.6) is 0 Å². The number of sulfonamides is 1. The van der Waals surface area contributed by atoms with Crippen molar-refractivity contribution in [2.45, 2.75) is 58.9 Å². The molecule has 1 heterocycles. The largest absolute Gasteiger partial charge is 0.465 e. The summed E-state index contributed by atoms with van der Waals surface area (Å²) in [6, 6.07) is -0.622. The summed E-state index contributed by atoms with van der Waals surface area (Å²) in [6.45, 7) is 6.47. The van der Waals surface area contributed by atoms with Gasteiger partial charge in [0.1, 0.15) is 6.04 Å². The van der Waals surface area contributed by atoms with E-state index in [9.17, 15) is 13.2 Å². The fourth-order valence-corrected chi connectivity index (χ4v) is 4.88. The van der Waals surface area contributed by atoms with Gasteiger partial charge in [-0.2, -0.15) is 4.31 Å². The third-order valence-electron chi connectivity index (χ3n) is 3.97. The second-order valence-electron chi connectivity index (χ2n) is 5.34. The van der Waals surface area contributed by atoms with Gasteiger partial charge in [0.25, 0.3) is 0 Å². The van der Waals surface area contributed by atoms with Crippen LogP contribution in [0.25, 0.3) is 0 Å². The molecule has 0 aliphatic carbocycles. The van der Waals surface area contributed by atoms with Crippen LogP contribution in [0.2, 0.25) is 0 Å². The number of carbonyl (C=O) groups excluding carboxylic acids is 1. The zero-order valence-electron chi connectivity index (χ0n) is 12.8. The molecule has 1 aliphatic rings. The Balaban J connectivity index is 2.85. The van der Waals surface area contributed by atoms with E-state index in [2.05, 4.69) is 0 Å². The van der Waals surface area contributed by atoms with Gasteiger partial charge in [0.2, 0.25) is 10.0 Å². The lowest BCUT2D eigenvalue weighted by Crippen LogP contribution is -2.50. The zero-order chi connectivity index (χ0) is 15.2. The molecule has 0 radical (unpaired) electrons. The molecule has 6 heteroatoms. The monoisotopic (exact) mass is 305 g/mol. The molecule has 1 unspecified atom stereocenters. The molecule has 1 saturated heterocycles. The summed E-state index contributed by atoms with van der Waals surface area (Å²) in [4.78, 5) is 12.0. The molecule has 118 valence electrons. The molecule has 1 fully saturated rings. The fourth-order valence-electron chi connectivity index (χ4n) is 2.63. The van der Waals surface area contributed by atoms with Crippen LogP contribution in [0.3, 0.4) is 0 Å². The van der Waals surface area contributed by atoms with Gasteiger partial charge in [-0.1, -0.05) is 26.7 Å². The molecule has 20 heavy (non-hydrogen) atoms. The molecule has 0 spiro atoms. The lowest BCUT2D eigenvalue weighted by atomic mass is 10.1. The molecule has 5 nitrogen and oxygen atoms in total. The van der Waals surface area contributed by atoms with Gasteiger partial charge in [0, 0.05) is 6.54 Å². The molecular weight excluding hydrogens is 278 g/mol. The van der Waals surface area contributed by atoms with Crippen molar-refractivity contribution in [3.8, 4) is 0 Å². The number of hydrogen-bond donors (Lipinski definition) is 0. The number of rotatable bonds is 7. The van der Waals surface area contributed by atoms with Crippen LogP contribution in [0.1, 0.15) is 52.9 Å². The maximum Gasteiger partial charge on any atom is 0.324 e. The Kier molecular flexibility index (Phi) is 6.95. The summed E-state index contributed by atoms with van der Waals surface area (Å²) in [5, 5.41) is 0. The predicted molar refractivity (Wildman–Crippen MR) is 78.8 cm³/mol. The first-order valence-corrected chi connectivity index (χ1v) is 9.23. The molecule has 0 amide bonds. The Morgan fingerprint density at radius 2 is 1.90 bits per heavy atom. The average Bonchev–Trinajstić information content (AvgIpc) is 2.45. The van der Waals surface area contributed by atoms with Crippen LogP contribution in [0.15, 0.2) is 0 Å². The Labute approximate surface area is 122 Å². The number of esters is 1. The number of piperidine rings is 1. The van der Waals surface area contributed by atoms with Gasteiger partial charge >= 0.3 is 5.97 Å². The molecular formula is C14H27NO4S. The second-order valence-corrected chi connectivity index (χ2v) is 7.30. The van der Waals surface area contributed by atoms with E-state index >= 15 is 0 Å². The highest BCUT2D eigenvalue weighted by Crippen LogP contribution is 2.24. The smallest absolute Gasteiger partial charge is 0.324 e. The Hall–Kier alpha value is -0.620. The van der Waals surface area contributed by atoms with Crippen LogP contribution in [-0.2, 0) is 19.6 Å². The van der Waals surface area contributed by atoms with Crippen LogP contribution in [0.4, 0.5) is 0 Å². The van der Waals surface area contributed by atoms with E-state index < -0.39 is 22.0 Å². The van der Waals surface area contributed by atoms with Gasteiger partial charge < -0.3 is 4.74 Å². The first-order chi connectivity index (χ1) is 9.46. The molecule has 0 aromatic carbocycles. The molecule has 0 saturated carbocycles. The van der Waals surface area contributed by atoms with Gasteiger partial charge in [-0.3, -0.25) is 4.79 Å². The Morgan fingerprint density at radius 1 is 1.25 bits per heavy atom. The first kappa shape index (κ1) is 17.4. The SMILES string of the molecule is CCOC(=O)C1CCCCN1S(=O)(=O)CC(CC)CC. The average molecular weight is 305 g/mol. The third-order valence-corrected chi connectivity index (χ3v) is 6.01. The van der Waals surface area contributed by atoms with Crippen LogP contribution < -0.4 is 0 Å². The van der Waals surface area contributed by atoms with Crippen molar-refractivity contribution in [3.63, 3.8) is 0 Å². The van der Waals surface area contributed by atoms with Gasteiger partial charge in [0.15, 0.2) is 0 Å². The van der Waals surface area contributed by atoms with E-state index in [4.69, 9.17) is 4.74 Å². The standard InChI is InChI=1S/C14H27NO4S/c1-4-12(5-2)11-20(17,18)15-10-8-7-9-13(15)14(16)19-6-3/h12-13H,4-11H2,1-3H3. The number of nitrogens with zero attached hydrogens (tertiary/aromatic N) is 1. The van der Waals surface area contributed by atoms with Crippen molar-refractivity contribution >= 4 is 16.0 Å². The highest BCUT2D eigenvalue weighted by molar-refractivity contribution is 7.89. The van der Waals surface area contributed by atoms with E-state index in [0.717, 1.165) is 25.7 Å². The van der Waals surface area contributed by atoms with Gasteiger partial charge in [-0.15, -0.1) is 0 Å². The fraction of sp³-hybridized carbons (Fsp3) is 0.929. The minimum absolute atomic E-state index is 0.135. The molecule has 1 aliphatic heterocycles. The van der Waals surface area contributed by atoms with Crippen molar-refractivity contribution in [1.82, 2.24) is 4.31 Å². The first-order valence-electron chi connectivity index (χ1n) is 7.62. The van der Waals surface area contributed by atoms with E-state index in [-0.39, 0.29) is 18.3 Å². The zero-order valence-corrected chi connectivity index (χ0v) is 13.6. The molecule has 1 rings (SSSR count). The summed E-state index contributed by atoms with van der Waals surface area (Å²) in [5.41, 5.74) is 0. The summed E-state index contributed by atoms with van der Waals surface area (Å²) >= 11 is 0. The van der Waals surface area contributed by atoms with E-state index in [1.165, 1.54) is 4.31 Å². The minimum atomic E-state index is -3.39. The van der Waals surface area contributed by atoms with E-state index in [1.807, 2.05) is 13.8 Å². The maximum absolute atomic E-state index is 12.6. The number of ether oxygens (including phenoxy) is 1. The minimum Gasteiger partial charge on any atom is -0.465 e. The van der Waals surface area contributed by atoms with Crippen molar-refractivity contribution in [2.24, 2.45) is 5.92 Å². The maximum atomic E-state index is 12.6. The molecule has 0 aromatic rings. The quantitative estimate of drug-likeness (QED) is 0.676. The number of hydrogen-bond acceptors (Lipinski definition) is 4. The van der Waals surface area contributed by atoms with Gasteiger partial charge in [-0.25, -0.2) is 8.42 Å². The van der Waals surface area contributed by atoms with Crippen molar-refractivity contribution in [3.05, 3.63) is 0 Å². The van der Waals surface area contributed by atoms with Gasteiger partial charge in [0.05, 0.1) is 12.4 Å². The molecule has 1 atom stereocenters. The topological polar surface area (TPSA) is 63.7 Å². The van der Waals surface area contributed by atoms with Crippen LogP contribution in [-0.4, -0.2) is 43.6 Å². The number of carbonyl (C=O) groups is 1. The van der Waals surface area contributed by atoms with Gasteiger partial charge in [-0.05, 0) is 32.1 Å². The predicted octanol–water partition coefficient (Wildman–Crippen LogP) is 2.17. The highest BCUT2D eigenvalue weighted by atomic mass is 32.2.